The largest absolute Gasteiger partial charge is 0.454 e. The molecule has 0 saturated carbocycles. The summed E-state index contributed by atoms with van der Waals surface area (Å²) in [6.45, 7) is 2.32. The number of nitrogens with one attached hydrogen (secondary N) is 1. The Morgan fingerprint density at radius 2 is 2.50 bits per heavy atom. The number of nitrogens with zero attached hydrogens (tertiary/aromatic N) is 1. The Bertz CT molecular complexity index is 101. The van der Waals surface area contributed by atoms with Crippen LogP contribution >= 0.6 is 0 Å². The van der Waals surface area contributed by atoms with Crippen LogP contribution < -0.4 is 5.32 Å². The van der Waals surface area contributed by atoms with Gasteiger partial charge in [-0.3, -0.25) is 7.05 Å². The lowest BCUT2D eigenvalue weighted by Gasteiger charge is -2.29. The first kappa shape index (κ1) is 4.77. The average Bonchev–Trinajstić information content (AvgIpc) is 2.23. The third-order valence-electron chi connectivity index (χ3n) is 2.17. The molecule has 0 aromatic rings. The average molecular weight is 111 g/mol. The van der Waals surface area contributed by atoms with E-state index in [2.05, 4.69) is 17.3 Å². The molecule has 2 aliphatic heterocycles. The summed E-state index contributed by atoms with van der Waals surface area (Å²) in [7, 11) is 3.91. The van der Waals surface area contributed by atoms with E-state index in [4.69, 9.17) is 0 Å². The molecule has 2 unspecified atom stereocenters. The second-order valence-corrected chi connectivity index (χ2v) is 2.77. The lowest BCUT2D eigenvalue weighted by molar-refractivity contribution is 0.305. The van der Waals surface area contributed by atoms with Crippen LogP contribution in [0.1, 0.15) is 6.42 Å². The molecule has 2 nitrogen and oxygen atoms in total. The van der Waals surface area contributed by atoms with Crippen LogP contribution in [0.5, 0.6) is 0 Å². The zero-order valence-electron chi connectivity index (χ0n) is 4.93. The molecule has 1 N–H and O–H groups in total. The zero-order chi connectivity index (χ0) is 5.56. The Balaban J connectivity index is 2.11. The Hall–Kier alpha value is -0.0800. The van der Waals surface area contributed by atoms with Crippen LogP contribution in [0.25, 0.3) is 0 Å². The summed E-state index contributed by atoms with van der Waals surface area (Å²) >= 11 is 0. The standard InChI is InChI=1S/C6H11N2/c1-8-4-5-2-6(8)3-7-5/h5-7H,1-4H2/q-1. The van der Waals surface area contributed by atoms with Gasteiger partial charge in [-0.1, -0.05) is 0 Å². The predicted molar refractivity (Wildman–Crippen MR) is 32.3 cm³/mol. The van der Waals surface area contributed by atoms with Gasteiger partial charge in [0, 0.05) is 12.6 Å². The minimum Gasteiger partial charge on any atom is -0.454 e. The predicted octanol–water partition coefficient (Wildman–Crippen LogP) is -0.176. The van der Waals surface area contributed by atoms with Crippen LogP contribution in [0.15, 0.2) is 0 Å². The van der Waals surface area contributed by atoms with Gasteiger partial charge in [-0.2, -0.15) is 0 Å². The molecule has 2 saturated heterocycles. The molecule has 0 aromatic heterocycles. The monoisotopic (exact) mass is 111 g/mol. The third-order valence-corrected chi connectivity index (χ3v) is 2.17. The molecule has 2 atom stereocenters. The molecule has 8 heavy (non-hydrogen) atoms. The molecule has 2 aliphatic rings. The van der Waals surface area contributed by atoms with Crippen LogP contribution in [-0.2, 0) is 0 Å². The molecule has 2 bridgehead atoms. The summed E-state index contributed by atoms with van der Waals surface area (Å²) in [5.74, 6) is 0. The smallest absolute Gasteiger partial charge is 0.0186 e. The molecule has 2 heterocycles. The Morgan fingerprint density at radius 3 is 2.75 bits per heavy atom. The Kier molecular flexibility index (Phi) is 0.866. The number of fused-ring (bicyclic) bond motifs is 2. The lowest BCUT2D eigenvalue weighted by Crippen LogP contribution is -2.39. The second-order valence-electron chi connectivity index (χ2n) is 2.77. The molecule has 2 rings (SSSR count). The summed E-state index contributed by atoms with van der Waals surface area (Å²) in [6.07, 6.45) is 1.32. The molecule has 2 fully saturated rings. The molecule has 2 heteroatoms. The van der Waals surface area contributed by atoms with Gasteiger partial charge in [-0.25, -0.2) is 0 Å². The van der Waals surface area contributed by atoms with Gasteiger partial charge in [0.1, 0.15) is 0 Å². The van der Waals surface area contributed by atoms with Gasteiger partial charge in [0.25, 0.3) is 0 Å². The normalized spacial score (nSPS) is 46.1. The lowest BCUT2D eigenvalue weighted by atomic mass is 10.2. The number of hydrogen-bond acceptors (Lipinski definition) is 2. The van der Waals surface area contributed by atoms with Crippen molar-refractivity contribution in [1.82, 2.24) is 10.2 Å². The van der Waals surface area contributed by atoms with Crippen molar-refractivity contribution in [3.8, 4) is 0 Å². The van der Waals surface area contributed by atoms with E-state index in [9.17, 15) is 0 Å². The fraction of sp³-hybridized carbons (Fsp3) is 0.833. The quantitative estimate of drug-likeness (QED) is 0.436. The maximum absolute atomic E-state index is 3.91. The summed E-state index contributed by atoms with van der Waals surface area (Å²) < 4.78 is 0. The first-order chi connectivity index (χ1) is 3.86. The molecule has 0 aromatic carbocycles. The van der Waals surface area contributed by atoms with E-state index in [1.165, 1.54) is 6.42 Å². The van der Waals surface area contributed by atoms with Crippen LogP contribution in [0.3, 0.4) is 0 Å². The van der Waals surface area contributed by atoms with Crippen LogP contribution in [-0.4, -0.2) is 30.1 Å². The summed E-state index contributed by atoms with van der Waals surface area (Å²) in [5, 5.41) is 3.40. The highest BCUT2D eigenvalue weighted by Crippen LogP contribution is 2.21. The van der Waals surface area contributed by atoms with Gasteiger partial charge in [-0.05, 0) is 19.0 Å². The Labute approximate surface area is 49.9 Å². The van der Waals surface area contributed by atoms with E-state index >= 15 is 0 Å². The van der Waals surface area contributed by atoms with E-state index in [-0.39, 0.29) is 0 Å². The SMILES string of the molecule is [CH2-]N1CC2CC1CN2. The Morgan fingerprint density at radius 1 is 1.62 bits per heavy atom. The number of rotatable bonds is 0. The van der Waals surface area contributed by atoms with Gasteiger partial charge in [0.2, 0.25) is 0 Å². The molecule has 0 amide bonds. The highest BCUT2D eigenvalue weighted by atomic mass is 15.3. The fourth-order valence-electron chi connectivity index (χ4n) is 1.65. The summed E-state index contributed by atoms with van der Waals surface area (Å²) in [5.41, 5.74) is 0. The fourth-order valence-corrected chi connectivity index (χ4v) is 1.65. The van der Waals surface area contributed by atoms with Crippen molar-refractivity contribution in [2.24, 2.45) is 0 Å². The highest BCUT2D eigenvalue weighted by Gasteiger charge is 2.31. The van der Waals surface area contributed by atoms with Crippen molar-refractivity contribution in [3.05, 3.63) is 7.05 Å². The van der Waals surface area contributed by atoms with Gasteiger partial charge < -0.3 is 10.2 Å². The topological polar surface area (TPSA) is 15.3 Å². The van der Waals surface area contributed by atoms with Gasteiger partial charge in [-0.15, -0.1) is 0 Å². The molecular weight excluding hydrogens is 100 g/mol. The zero-order valence-corrected chi connectivity index (χ0v) is 4.93. The minimum atomic E-state index is 0.750. The van der Waals surface area contributed by atoms with E-state index in [1.807, 2.05) is 0 Å². The number of piperazine rings is 1. The van der Waals surface area contributed by atoms with Crippen LogP contribution in [0, 0.1) is 7.05 Å². The first-order valence-electron chi connectivity index (χ1n) is 3.17. The number of likely N-dealkylation sites (tertiary alicyclic amines) is 1. The van der Waals surface area contributed by atoms with Gasteiger partial charge in [0.05, 0.1) is 0 Å². The van der Waals surface area contributed by atoms with Crippen LogP contribution in [0.4, 0.5) is 0 Å². The molecule has 0 aliphatic carbocycles. The van der Waals surface area contributed by atoms with Crippen molar-refractivity contribution < 1.29 is 0 Å². The molecular formula is C6H11N2-. The summed E-state index contributed by atoms with van der Waals surface area (Å²) in [4.78, 5) is 2.20. The maximum Gasteiger partial charge on any atom is 0.0186 e. The van der Waals surface area contributed by atoms with Gasteiger partial charge in [0.15, 0.2) is 0 Å². The van der Waals surface area contributed by atoms with E-state index < -0.39 is 0 Å². The maximum atomic E-state index is 3.91. The molecule has 0 radical (unpaired) electrons. The van der Waals surface area contributed by atoms with Crippen molar-refractivity contribution in [3.63, 3.8) is 0 Å². The van der Waals surface area contributed by atoms with Crippen molar-refractivity contribution in [2.45, 2.75) is 18.5 Å². The van der Waals surface area contributed by atoms with Crippen molar-refractivity contribution in [2.75, 3.05) is 13.1 Å². The summed E-state index contributed by atoms with van der Waals surface area (Å²) in [6, 6.07) is 1.51. The van der Waals surface area contributed by atoms with Crippen molar-refractivity contribution in [1.29, 1.82) is 0 Å². The minimum absolute atomic E-state index is 0.750. The van der Waals surface area contributed by atoms with E-state index in [0.717, 1.165) is 25.2 Å². The number of hydrogen-bond donors (Lipinski definition) is 1. The molecule has 46 valence electrons. The van der Waals surface area contributed by atoms with E-state index in [0.29, 0.717) is 0 Å². The van der Waals surface area contributed by atoms with Crippen LogP contribution in [0.2, 0.25) is 0 Å². The highest BCUT2D eigenvalue weighted by molar-refractivity contribution is 4.96. The van der Waals surface area contributed by atoms with E-state index in [1.54, 1.807) is 0 Å². The second kappa shape index (κ2) is 1.45. The molecule has 0 spiro atoms. The third kappa shape index (κ3) is 0.501. The first-order valence-corrected chi connectivity index (χ1v) is 3.17. The van der Waals surface area contributed by atoms with Crippen molar-refractivity contribution >= 4 is 0 Å². The van der Waals surface area contributed by atoms with Gasteiger partial charge >= 0.3 is 0 Å².